The molecule has 3 nitrogen and oxygen atoms in total. The van der Waals surface area contributed by atoms with Crippen molar-refractivity contribution in [3.8, 4) is 0 Å². The van der Waals surface area contributed by atoms with Gasteiger partial charge in [-0.3, -0.25) is 4.98 Å². The van der Waals surface area contributed by atoms with E-state index in [1.165, 1.54) is 42.4 Å². The standard InChI is InChI=1S/C17H23N3/c18-9-3-11-20-12-7-15(8-13-20)17-16-5-2-1-4-14(16)6-10-19-17/h1-2,4-6,10,15H,3,7-9,11-13,18H2. The van der Waals surface area contributed by atoms with Gasteiger partial charge in [0.25, 0.3) is 0 Å². The summed E-state index contributed by atoms with van der Waals surface area (Å²) in [6.07, 6.45) is 5.49. The first-order valence-electron chi connectivity index (χ1n) is 7.64. The van der Waals surface area contributed by atoms with Crippen LogP contribution in [0.5, 0.6) is 0 Å². The molecule has 0 radical (unpaired) electrons. The number of nitrogens with two attached hydrogens (primary N) is 1. The lowest BCUT2D eigenvalue weighted by atomic mass is 9.90. The van der Waals surface area contributed by atoms with Gasteiger partial charge in [0, 0.05) is 17.5 Å². The number of hydrogen-bond acceptors (Lipinski definition) is 3. The number of rotatable bonds is 4. The van der Waals surface area contributed by atoms with Gasteiger partial charge in [0.05, 0.1) is 5.69 Å². The van der Waals surface area contributed by atoms with Crippen LogP contribution < -0.4 is 5.73 Å². The highest BCUT2D eigenvalue weighted by atomic mass is 15.1. The van der Waals surface area contributed by atoms with Crippen LogP contribution in [0.1, 0.15) is 30.9 Å². The summed E-state index contributed by atoms with van der Waals surface area (Å²) < 4.78 is 0. The van der Waals surface area contributed by atoms with Crippen molar-refractivity contribution in [1.82, 2.24) is 9.88 Å². The zero-order chi connectivity index (χ0) is 13.8. The first kappa shape index (κ1) is 13.5. The molecule has 1 fully saturated rings. The van der Waals surface area contributed by atoms with E-state index in [0.29, 0.717) is 5.92 Å². The van der Waals surface area contributed by atoms with E-state index in [2.05, 4.69) is 40.2 Å². The Morgan fingerprint density at radius 1 is 1.15 bits per heavy atom. The first-order chi connectivity index (χ1) is 9.88. The van der Waals surface area contributed by atoms with Crippen molar-refractivity contribution in [2.75, 3.05) is 26.2 Å². The van der Waals surface area contributed by atoms with E-state index >= 15 is 0 Å². The predicted octanol–water partition coefficient (Wildman–Crippen LogP) is 2.76. The molecule has 20 heavy (non-hydrogen) atoms. The summed E-state index contributed by atoms with van der Waals surface area (Å²) in [5.41, 5.74) is 6.88. The molecule has 0 atom stereocenters. The van der Waals surface area contributed by atoms with Crippen LogP contribution in [-0.4, -0.2) is 36.1 Å². The van der Waals surface area contributed by atoms with Crippen LogP contribution in [-0.2, 0) is 0 Å². The third-order valence-electron chi connectivity index (χ3n) is 4.36. The smallest absolute Gasteiger partial charge is 0.0513 e. The van der Waals surface area contributed by atoms with Crippen molar-refractivity contribution in [2.24, 2.45) is 5.73 Å². The molecule has 2 aromatic rings. The van der Waals surface area contributed by atoms with Gasteiger partial charge in [0.2, 0.25) is 0 Å². The maximum absolute atomic E-state index is 5.59. The SMILES string of the molecule is NCCCN1CCC(c2nccc3ccccc23)CC1. The van der Waals surface area contributed by atoms with Crippen LogP contribution in [0.4, 0.5) is 0 Å². The number of piperidine rings is 1. The maximum atomic E-state index is 5.59. The molecule has 0 saturated carbocycles. The average Bonchev–Trinajstić information content (AvgIpc) is 2.53. The van der Waals surface area contributed by atoms with Gasteiger partial charge in [-0.2, -0.15) is 0 Å². The predicted molar refractivity (Wildman–Crippen MR) is 83.8 cm³/mol. The molecule has 2 N–H and O–H groups in total. The van der Waals surface area contributed by atoms with Crippen LogP contribution in [0.2, 0.25) is 0 Å². The Bertz CT molecular complexity index is 554. The summed E-state index contributed by atoms with van der Waals surface area (Å²) in [4.78, 5) is 7.22. The average molecular weight is 269 g/mol. The van der Waals surface area contributed by atoms with Crippen molar-refractivity contribution in [3.63, 3.8) is 0 Å². The summed E-state index contributed by atoms with van der Waals surface area (Å²) in [7, 11) is 0. The van der Waals surface area contributed by atoms with Crippen LogP contribution in [0.25, 0.3) is 10.8 Å². The molecule has 1 aliphatic rings. The Labute approximate surface area is 120 Å². The van der Waals surface area contributed by atoms with E-state index < -0.39 is 0 Å². The van der Waals surface area contributed by atoms with Crippen LogP contribution >= 0.6 is 0 Å². The van der Waals surface area contributed by atoms with E-state index in [0.717, 1.165) is 19.5 Å². The molecule has 0 spiro atoms. The highest BCUT2D eigenvalue weighted by Crippen LogP contribution is 2.31. The molecule has 3 heteroatoms. The van der Waals surface area contributed by atoms with E-state index in [1.54, 1.807) is 0 Å². The third kappa shape index (κ3) is 2.84. The number of hydrogen-bond donors (Lipinski definition) is 1. The topological polar surface area (TPSA) is 42.1 Å². The van der Waals surface area contributed by atoms with Gasteiger partial charge in [-0.15, -0.1) is 0 Å². The molecule has 1 aromatic heterocycles. The zero-order valence-corrected chi connectivity index (χ0v) is 12.0. The van der Waals surface area contributed by atoms with Crippen molar-refractivity contribution in [1.29, 1.82) is 0 Å². The Hall–Kier alpha value is -1.45. The highest BCUT2D eigenvalue weighted by Gasteiger charge is 2.22. The molecular formula is C17H23N3. The second-order valence-electron chi connectivity index (χ2n) is 5.68. The normalized spacial score (nSPS) is 17.6. The minimum absolute atomic E-state index is 0.607. The third-order valence-corrected chi connectivity index (χ3v) is 4.36. The minimum atomic E-state index is 0.607. The number of aromatic nitrogens is 1. The number of nitrogens with zero attached hydrogens (tertiary/aromatic N) is 2. The number of likely N-dealkylation sites (tertiary alicyclic amines) is 1. The monoisotopic (exact) mass is 269 g/mol. The summed E-state index contributed by atoms with van der Waals surface area (Å²) in [5.74, 6) is 0.607. The summed E-state index contributed by atoms with van der Waals surface area (Å²) in [6, 6.07) is 10.7. The molecular weight excluding hydrogens is 246 g/mol. The molecule has 0 aliphatic carbocycles. The number of benzene rings is 1. The van der Waals surface area contributed by atoms with Crippen molar-refractivity contribution >= 4 is 10.8 Å². The van der Waals surface area contributed by atoms with Gasteiger partial charge in [0.15, 0.2) is 0 Å². The summed E-state index contributed by atoms with van der Waals surface area (Å²) in [6.45, 7) is 4.29. The van der Waals surface area contributed by atoms with E-state index in [-0.39, 0.29) is 0 Å². The molecule has 0 bridgehead atoms. The second kappa shape index (κ2) is 6.33. The van der Waals surface area contributed by atoms with Crippen molar-refractivity contribution < 1.29 is 0 Å². The van der Waals surface area contributed by atoms with E-state index in [1.807, 2.05) is 6.20 Å². The quantitative estimate of drug-likeness (QED) is 0.928. The zero-order valence-electron chi connectivity index (χ0n) is 12.0. The van der Waals surface area contributed by atoms with Gasteiger partial charge in [0.1, 0.15) is 0 Å². The largest absolute Gasteiger partial charge is 0.330 e. The Morgan fingerprint density at radius 3 is 2.75 bits per heavy atom. The molecule has 2 heterocycles. The van der Waals surface area contributed by atoms with Crippen molar-refractivity contribution in [2.45, 2.75) is 25.2 Å². The van der Waals surface area contributed by atoms with E-state index in [4.69, 9.17) is 5.73 Å². The molecule has 1 aliphatic heterocycles. The lowest BCUT2D eigenvalue weighted by molar-refractivity contribution is 0.210. The Balaban J connectivity index is 1.74. The second-order valence-corrected chi connectivity index (χ2v) is 5.68. The highest BCUT2D eigenvalue weighted by molar-refractivity contribution is 5.84. The Kier molecular flexibility index (Phi) is 4.28. The molecule has 0 unspecified atom stereocenters. The summed E-state index contributed by atoms with van der Waals surface area (Å²) >= 11 is 0. The Morgan fingerprint density at radius 2 is 1.95 bits per heavy atom. The number of pyridine rings is 1. The lowest BCUT2D eigenvalue weighted by Gasteiger charge is -2.32. The fraction of sp³-hybridized carbons (Fsp3) is 0.471. The van der Waals surface area contributed by atoms with Gasteiger partial charge < -0.3 is 10.6 Å². The molecule has 1 saturated heterocycles. The minimum Gasteiger partial charge on any atom is -0.330 e. The van der Waals surface area contributed by atoms with Gasteiger partial charge in [-0.1, -0.05) is 24.3 Å². The van der Waals surface area contributed by atoms with Crippen LogP contribution in [0, 0.1) is 0 Å². The fourth-order valence-corrected chi connectivity index (χ4v) is 3.21. The van der Waals surface area contributed by atoms with Crippen LogP contribution in [0.3, 0.4) is 0 Å². The van der Waals surface area contributed by atoms with Gasteiger partial charge in [-0.25, -0.2) is 0 Å². The van der Waals surface area contributed by atoms with Crippen molar-refractivity contribution in [3.05, 3.63) is 42.2 Å². The molecule has 0 amide bonds. The summed E-state index contributed by atoms with van der Waals surface area (Å²) in [5, 5.41) is 2.64. The number of fused-ring (bicyclic) bond motifs is 1. The van der Waals surface area contributed by atoms with Gasteiger partial charge in [-0.05, 0) is 56.9 Å². The molecule has 106 valence electrons. The maximum Gasteiger partial charge on any atom is 0.0513 e. The van der Waals surface area contributed by atoms with Gasteiger partial charge >= 0.3 is 0 Å². The molecule has 1 aromatic carbocycles. The fourth-order valence-electron chi connectivity index (χ4n) is 3.21. The lowest BCUT2D eigenvalue weighted by Crippen LogP contribution is -2.34. The van der Waals surface area contributed by atoms with Crippen LogP contribution in [0.15, 0.2) is 36.5 Å². The van der Waals surface area contributed by atoms with E-state index in [9.17, 15) is 0 Å². The first-order valence-corrected chi connectivity index (χ1v) is 7.64. The molecule has 3 rings (SSSR count).